The van der Waals surface area contributed by atoms with Crippen LogP contribution in [0.1, 0.15) is 0 Å². The lowest BCUT2D eigenvalue weighted by Gasteiger charge is -1.94. The molecule has 1 heterocycles. The van der Waals surface area contributed by atoms with E-state index in [2.05, 4.69) is 4.98 Å². The molecule has 0 radical (unpaired) electrons. The Morgan fingerprint density at radius 3 is 2.47 bits per heavy atom. The van der Waals surface area contributed by atoms with E-state index in [0.717, 1.165) is 5.56 Å². The van der Waals surface area contributed by atoms with Gasteiger partial charge in [0.2, 0.25) is 0 Å². The molecule has 6 heteroatoms. The number of non-ortho nitro benzene ring substituents is 1. The van der Waals surface area contributed by atoms with E-state index in [1.54, 1.807) is 12.1 Å². The van der Waals surface area contributed by atoms with E-state index in [1.165, 1.54) is 18.4 Å². The zero-order valence-electron chi connectivity index (χ0n) is 7.38. The van der Waals surface area contributed by atoms with Crippen LogP contribution in [0.4, 0.5) is 5.69 Å². The van der Waals surface area contributed by atoms with Crippen LogP contribution in [0, 0.1) is 14.0 Å². The minimum absolute atomic E-state index is 0.0666. The number of halogens is 1. The fraction of sp³-hybridized carbons (Fsp3) is 0. The van der Waals surface area contributed by atoms with Crippen molar-refractivity contribution in [3.63, 3.8) is 0 Å². The van der Waals surface area contributed by atoms with Crippen molar-refractivity contribution in [3.05, 3.63) is 44.5 Å². The molecule has 0 aliphatic carbocycles. The van der Waals surface area contributed by atoms with Gasteiger partial charge in [0.25, 0.3) is 9.58 Å². The Kier molecular flexibility index (Phi) is 2.67. The molecule has 0 bridgehead atoms. The lowest BCUT2D eigenvalue weighted by Crippen LogP contribution is -1.87. The Balaban J connectivity index is 2.35. The van der Waals surface area contributed by atoms with E-state index in [9.17, 15) is 10.1 Å². The number of aromatic nitrogens is 1. The third-order valence-corrected chi connectivity index (χ3v) is 2.35. The number of nitro groups is 1. The third-order valence-electron chi connectivity index (χ3n) is 1.85. The summed E-state index contributed by atoms with van der Waals surface area (Å²) in [6.45, 7) is 0. The summed E-state index contributed by atoms with van der Waals surface area (Å²) < 4.78 is 5.58. The van der Waals surface area contributed by atoms with Gasteiger partial charge in [-0.05, 0) is 12.1 Å². The first-order chi connectivity index (χ1) is 7.16. The zero-order valence-corrected chi connectivity index (χ0v) is 9.54. The van der Waals surface area contributed by atoms with Crippen LogP contribution < -0.4 is 0 Å². The monoisotopic (exact) mass is 316 g/mol. The number of hydrogen-bond donors (Lipinski definition) is 0. The van der Waals surface area contributed by atoms with Gasteiger partial charge in [0.15, 0.2) is 0 Å². The number of oxazole rings is 1. The van der Waals surface area contributed by atoms with E-state index in [0.29, 0.717) is 9.59 Å². The van der Waals surface area contributed by atoms with Crippen LogP contribution >= 0.6 is 22.6 Å². The third kappa shape index (κ3) is 2.14. The first-order valence-electron chi connectivity index (χ1n) is 4.02. The summed E-state index contributed by atoms with van der Waals surface area (Å²) in [5.41, 5.74) is 1.54. The van der Waals surface area contributed by atoms with Gasteiger partial charge >= 0.3 is 0 Å². The highest BCUT2D eigenvalue weighted by Gasteiger charge is 2.07. The summed E-state index contributed by atoms with van der Waals surface area (Å²) in [5.74, 6) is 0. The largest absolute Gasteiger partial charge is 0.440 e. The number of hydrogen-bond acceptors (Lipinski definition) is 4. The van der Waals surface area contributed by atoms with Gasteiger partial charge in [0.1, 0.15) is 12.0 Å². The lowest BCUT2D eigenvalue weighted by atomic mass is 10.1. The molecule has 0 amide bonds. The molecular formula is C9H5IN2O3. The van der Waals surface area contributed by atoms with Gasteiger partial charge in [-0.3, -0.25) is 10.1 Å². The Labute approximate surface area is 98.4 Å². The molecule has 0 saturated heterocycles. The molecule has 76 valence electrons. The van der Waals surface area contributed by atoms with E-state index >= 15 is 0 Å². The van der Waals surface area contributed by atoms with Crippen molar-refractivity contribution < 1.29 is 9.34 Å². The van der Waals surface area contributed by atoms with E-state index < -0.39 is 4.92 Å². The minimum Gasteiger partial charge on any atom is -0.440 e. The Bertz CT molecular complexity index is 492. The molecular weight excluding hydrogens is 311 g/mol. The predicted octanol–water partition coefficient (Wildman–Crippen LogP) is 2.85. The summed E-state index contributed by atoms with van der Waals surface area (Å²) in [5, 5.41) is 10.4. The van der Waals surface area contributed by atoms with Crippen LogP contribution in [0.3, 0.4) is 0 Å². The highest BCUT2D eigenvalue weighted by molar-refractivity contribution is 14.1. The average molecular weight is 316 g/mol. The first-order valence-corrected chi connectivity index (χ1v) is 5.10. The number of nitrogens with zero attached hydrogens (tertiary/aromatic N) is 2. The molecule has 1 aromatic heterocycles. The molecule has 2 rings (SSSR count). The first kappa shape index (κ1) is 10.1. The standard InChI is InChI=1S/C9H5IN2O3/c10-9-11-8(5-15-9)6-1-3-7(4-2-6)12(13)14/h1-5H. The lowest BCUT2D eigenvalue weighted by molar-refractivity contribution is -0.384. The normalized spacial score (nSPS) is 10.2. The summed E-state index contributed by atoms with van der Waals surface area (Å²) in [4.78, 5) is 14.1. The molecule has 0 saturated carbocycles. The van der Waals surface area contributed by atoms with Crippen LogP contribution in [0.5, 0.6) is 0 Å². The molecule has 1 aromatic carbocycles. The van der Waals surface area contributed by atoms with Gasteiger partial charge in [0, 0.05) is 40.3 Å². The van der Waals surface area contributed by atoms with E-state index in [1.807, 2.05) is 22.6 Å². The van der Waals surface area contributed by atoms with Crippen molar-refractivity contribution in [1.82, 2.24) is 4.98 Å². The Morgan fingerprint density at radius 2 is 2.00 bits per heavy atom. The van der Waals surface area contributed by atoms with Crippen LogP contribution in [-0.4, -0.2) is 9.91 Å². The maximum Gasteiger partial charge on any atom is 0.269 e. The summed E-state index contributed by atoms with van der Waals surface area (Å²) in [7, 11) is 0. The summed E-state index contributed by atoms with van der Waals surface area (Å²) in [6, 6.07) is 6.17. The SMILES string of the molecule is O=[N+]([O-])c1ccc(-c2coc(I)n2)cc1. The molecule has 0 spiro atoms. The van der Waals surface area contributed by atoms with Crippen molar-refractivity contribution in [3.8, 4) is 11.3 Å². The van der Waals surface area contributed by atoms with Gasteiger partial charge in [-0.25, -0.2) is 4.98 Å². The molecule has 0 unspecified atom stereocenters. The fourth-order valence-corrected chi connectivity index (χ4v) is 1.53. The summed E-state index contributed by atoms with van der Waals surface area (Å²) in [6.07, 6.45) is 1.52. The second-order valence-corrected chi connectivity index (χ2v) is 3.71. The predicted molar refractivity (Wildman–Crippen MR) is 61.3 cm³/mol. The zero-order chi connectivity index (χ0) is 10.8. The fourth-order valence-electron chi connectivity index (χ4n) is 1.14. The average Bonchev–Trinajstić information content (AvgIpc) is 2.65. The Morgan fingerprint density at radius 1 is 1.33 bits per heavy atom. The molecule has 0 atom stereocenters. The van der Waals surface area contributed by atoms with Crippen molar-refractivity contribution in [1.29, 1.82) is 0 Å². The molecule has 2 aromatic rings. The highest BCUT2D eigenvalue weighted by atomic mass is 127. The second kappa shape index (κ2) is 3.97. The summed E-state index contributed by atoms with van der Waals surface area (Å²) >= 11 is 1.96. The molecule has 15 heavy (non-hydrogen) atoms. The quantitative estimate of drug-likeness (QED) is 0.485. The van der Waals surface area contributed by atoms with Crippen LogP contribution in [0.2, 0.25) is 0 Å². The molecule has 5 nitrogen and oxygen atoms in total. The molecule has 0 aliphatic heterocycles. The topological polar surface area (TPSA) is 69.2 Å². The van der Waals surface area contributed by atoms with Crippen LogP contribution in [-0.2, 0) is 0 Å². The highest BCUT2D eigenvalue weighted by Crippen LogP contribution is 2.22. The smallest absolute Gasteiger partial charge is 0.269 e. The van der Waals surface area contributed by atoms with E-state index in [-0.39, 0.29) is 5.69 Å². The molecule has 0 fully saturated rings. The van der Waals surface area contributed by atoms with Crippen molar-refractivity contribution >= 4 is 28.3 Å². The van der Waals surface area contributed by atoms with Crippen molar-refractivity contribution in [2.24, 2.45) is 0 Å². The van der Waals surface area contributed by atoms with Gasteiger partial charge in [0.05, 0.1) is 4.92 Å². The van der Waals surface area contributed by atoms with Crippen molar-refractivity contribution in [2.45, 2.75) is 0 Å². The minimum atomic E-state index is -0.434. The maximum atomic E-state index is 10.4. The Hall–Kier alpha value is -1.44. The van der Waals surface area contributed by atoms with Gasteiger partial charge in [-0.2, -0.15) is 0 Å². The van der Waals surface area contributed by atoms with Gasteiger partial charge in [-0.1, -0.05) is 0 Å². The van der Waals surface area contributed by atoms with Crippen LogP contribution in [0.15, 0.2) is 34.9 Å². The van der Waals surface area contributed by atoms with Gasteiger partial charge in [-0.15, -0.1) is 0 Å². The van der Waals surface area contributed by atoms with Gasteiger partial charge < -0.3 is 4.42 Å². The van der Waals surface area contributed by atoms with Crippen molar-refractivity contribution in [2.75, 3.05) is 0 Å². The molecule has 0 aliphatic rings. The molecule has 0 N–H and O–H groups in total. The number of nitro benzene ring substituents is 1. The maximum absolute atomic E-state index is 10.4. The number of rotatable bonds is 2. The second-order valence-electron chi connectivity index (χ2n) is 2.79. The van der Waals surface area contributed by atoms with Crippen LogP contribution in [0.25, 0.3) is 11.3 Å². The van der Waals surface area contributed by atoms with E-state index in [4.69, 9.17) is 4.42 Å². The number of benzene rings is 1.